The minimum absolute atomic E-state index is 0.0648. The average Bonchev–Trinajstić information content (AvgIpc) is 2.03. The highest BCUT2D eigenvalue weighted by molar-refractivity contribution is 5.92. The van der Waals surface area contributed by atoms with Gasteiger partial charge in [-0.25, -0.2) is 0 Å². The Bertz CT molecular complexity index is 194. The molecule has 0 unspecified atom stereocenters. The van der Waals surface area contributed by atoms with Crippen molar-refractivity contribution < 1.29 is 9.53 Å². The van der Waals surface area contributed by atoms with E-state index in [9.17, 15) is 4.79 Å². The summed E-state index contributed by atoms with van der Waals surface area (Å²) in [6.07, 6.45) is 4.01. The van der Waals surface area contributed by atoms with Crippen molar-refractivity contribution in [1.82, 2.24) is 0 Å². The second-order valence-corrected chi connectivity index (χ2v) is 3.56. The normalized spacial score (nSPS) is 29.2. The Labute approximate surface area is 73.6 Å². The highest BCUT2D eigenvalue weighted by Gasteiger charge is 2.31. The molecule has 0 N–H and O–H groups in total. The van der Waals surface area contributed by atoms with Gasteiger partial charge < -0.3 is 4.74 Å². The molecule has 0 saturated heterocycles. The van der Waals surface area contributed by atoms with Gasteiger partial charge in [0.05, 0.1) is 12.2 Å². The van der Waals surface area contributed by atoms with Crippen LogP contribution in [0.5, 0.6) is 0 Å². The highest BCUT2D eigenvalue weighted by atomic mass is 16.5. The van der Waals surface area contributed by atoms with E-state index in [-0.39, 0.29) is 17.8 Å². The fourth-order valence-corrected chi connectivity index (χ4v) is 1.63. The molecular formula is C10H16O2. The molecule has 0 bridgehead atoms. The summed E-state index contributed by atoms with van der Waals surface area (Å²) in [4.78, 5) is 11.4. The summed E-state index contributed by atoms with van der Waals surface area (Å²) in [5.41, 5.74) is 0. The maximum atomic E-state index is 11.4. The standard InChI is InChI=1S/C10H16O2/c1-4-8-9(11)5-6-12-10(8)7(2)3/h5-8,10H,4H2,1-3H3/t8-,10-/m1/s1. The minimum Gasteiger partial charge on any atom is -0.497 e. The number of carbonyl (C=O) groups is 1. The molecule has 0 radical (unpaired) electrons. The zero-order chi connectivity index (χ0) is 9.14. The Morgan fingerprint density at radius 1 is 1.58 bits per heavy atom. The van der Waals surface area contributed by atoms with E-state index in [4.69, 9.17) is 4.74 Å². The van der Waals surface area contributed by atoms with E-state index in [1.807, 2.05) is 6.92 Å². The maximum absolute atomic E-state index is 11.4. The largest absolute Gasteiger partial charge is 0.497 e. The van der Waals surface area contributed by atoms with Gasteiger partial charge in [0.1, 0.15) is 6.10 Å². The monoisotopic (exact) mass is 168 g/mol. The maximum Gasteiger partial charge on any atom is 0.165 e. The molecule has 0 spiro atoms. The van der Waals surface area contributed by atoms with E-state index in [2.05, 4.69) is 13.8 Å². The Hall–Kier alpha value is -0.790. The number of allylic oxidation sites excluding steroid dienone is 1. The molecular weight excluding hydrogens is 152 g/mol. The Morgan fingerprint density at radius 3 is 2.67 bits per heavy atom. The van der Waals surface area contributed by atoms with Gasteiger partial charge in [-0.2, -0.15) is 0 Å². The topological polar surface area (TPSA) is 26.3 Å². The lowest BCUT2D eigenvalue weighted by atomic mass is 9.86. The van der Waals surface area contributed by atoms with Crippen LogP contribution in [0.15, 0.2) is 12.3 Å². The minimum atomic E-state index is 0.0648. The van der Waals surface area contributed by atoms with Gasteiger partial charge >= 0.3 is 0 Å². The van der Waals surface area contributed by atoms with Gasteiger partial charge in [0.2, 0.25) is 0 Å². The lowest BCUT2D eigenvalue weighted by Gasteiger charge is -2.29. The van der Waals surface area contributed by atoms with Crippen molar-refractivity contribution >= 4 is 5.78 Å². The fraction of sp³-hybridized carbons (Fsp3) is 0.700. The van der Waals surface area contributed by atoms with Gasteiger partial charge in [-0.3, -0.25) is 4.79 Å². The molecule has 0 amide bonds. The van der Waals surface area contributed by atoms with Gasteiger partial charge in [0, 0.05) is 6.08 Å². The molecule has 0 aromatic heterocycles. The first kappa shape index (κ1) is 9.30. The van der Waals surface area contributed by atoms with E-state index in [1.54, 1.807) is 0 Å². The van der Waals surface area contributed by atoms with Crippen LogP contribution >= 0.6 is 0 Å². The molecule has 2 heteroatoms. The first-order valence-corrected chi connectivity index (χ1v) is 4.52. The van der Waals surface area contributed by atoms with E-state index < -0.39 is 0 Å². The molecule has 0 aromatic carbocycles. The van der Waals surface area contributed by atoms with E-state index >= 15 is 0 Å². The molecule has 0 aliphatic carbocycles. The van der Waals surface area contributed by atoms with Crippen molar-refractivity contribution in [2.75, 3.05) is 0 Å². The van der Waals surface area contributed by atoms with E-state index in [1.165, 1.54) is 12.3 Å². The number of carbonyl (C=O) groups excluding carboxylic acids is 1. The van der Waals surface area contributed by atoms with Crippen LogP contribution < -0.4 is 0 Å². The lowest BCUT2D eigenvalue weighted by Crippen LogP contribution is -2.35. The van der Waals surface area contributed by atoms with E-state index in [0.29, 0.717) is 5.92 Å². The number of ketones is 1. The molecule has 2 atom stereocenters. The first-order chi connectivity index (χ1) is 5.66. The second-order valence-electron chi connectivity index (χ2n) is 3.56. The van der Waals surface area contributed by atoms with E-state index in [0.717, 1.165) is 6.42 Å². The number of hydrogen-bond acceptors (Lipinski definition) is 2. The summed E-state index contributed by atoms with van der Waals surface area (Å²) in [7, 11) is 0. The van der Waals surface area contributed by atoms with Gasteiger partial charge in [0.25, 0.3) is 0 Å². The molecule has 1 aliphatic rings. The Kier molecular flexibility index (Phi) is 2.90. The SMILES string of the molecule is CC[C@@H]1C(=O)C=CO[C@@H]1C(C)C. The second kappa shape index (κ2) is 3.74. The molecule has 68 valence electrons. The molecule has 0 fully saturated rings. The molecule has 1 heterocycles. The lowest BCUT2D eigenvalue weighted by molar-refractivity contribution is -0.125. The van der Waals surface area contributed by atoms with Crippen molar-refractivity contribution in [2.45, 2.75) is 33.3 Å². The van der Waals surface area contributed by atoms with Crippen LogP contribution in [0, 0.1) is 11.8 Å². The summed E-state index contributed by atoms with van der Waals surface area (Å²) in [6.45, 7) is 6.19. The summed E-state index contributed by atoms with van der Waals surface area (Å²) in [5, 5.41) is 0. The zero-order valence-electron chi connectivity index (χ0n) is 7.91. The van der Waals surface area contributed by atoms with Crippen molar-refractivity contribution in [2.24, 2.45) is 11.8 Å². The summed E-state index contributed by atoms with van der Waals surface area (Å²) >= 11 is 0. The number of ether oxygens (including phenoxy) is 1. The zero-order valence-corrected chi connectivity index (χ0v) is 7.91. The molecule has 2 nitrogen and oxygen atoms in total. The van der Waals surface area contributed by atoms with Gasteiger partial charge in [-0.1, -0.05) is 20.8 Å². The quantitative estimate of drug-likeness (QED) is 0.631. The summed E-state index contributed by atoms with van der Waals surface area (Å²) in [6, 6.07) is 0. The molecule has 1 aliphatic heterocycles. The molecule has 0 aromatic rings. The third-order valence-corrected chi connectivity index (χ3v) is 2.33. The smallest absolute Gasteiger partial charge is 0.165 e. The van der Waals surface area contributed by atoms with Crippen LogP contribution in [0.4, 0.5) is 0 Å². The van der Waals surface area contributed by atoms with Crippen molar-refractivity contribution in [3.8, 4) is 0 Å². The van der Waals surface area contributed by atoms with Crippen LogP contribution in [0.25, 0.3) is 0 Å². The third kappa shape index (κ3) is 1.68. The Morgan fingerprint density at radius 2 is 2.25 bits per heavy atom. The summed E-state index contributed by atoms with van der Waals surface area (Å²) in [5.74, 6) is 0.682. The first-order valence-electron chi connectivity index (χ1n) is 4.52. The fourth-order valence-electron chi connectivity index (χ4n) is 1.63. The summed E-state index contributed by atoms with van der Waals surface area (Å²) < 4.78 is 5.41. The third-order valence-electron chi connectivity index (χ3n) is 2.33. The highest BCUT2D eigenvalue weighted by Crippen LogP contribution is 2.24. The number of rotatable bonds is 2. The van der Waals surface area contributed by atoms with Crippen LogP contribution in [0.1, 0.15) is 27.2 Å². The van der Waals surface area contributed by atoms with Crippen LogP contribution in [-0.2, 0) is 9.53 Å². The predicted molar refractivity (Wildman–Crippen MR) is 47.6 cm³/mol. The molecule has 12 heavy (non-hydrogen) atoms. The van der Waals surface area contributed by atoms with Crippen LogP contribution in [0.3, 0.4) is 0 Å². The van der Waals surface area contributed by atoms with Crippen LogP contribution in [-0.4, -0.2) is 11.9 Å². The van der Waals surface area contributed by atoms with Crippen LogP contribution in [0.2, 0.25) is 0 Å². The Balaban J connectivity index is 2.74. The van der Waals surface area contributed by atoms with Crippen molar-refractivity contribution in [1.29, 1.82) is 0 Å². The average molecular weight is 168 g/mol. The number of hydrogen-bond donors (Lipinski definition) is 0. The predicted octanol–water partition coefficient (Wildman–Crippen LogP) is 2.15. The molecule has 0 saturated carbocycles. The molecule has 1 rings (SSSR count). The van der Waals surface area contributed by atoms with Gasteiger partial charge in [-0.15, -0.1) is 0 Å². The van der Waals surface area contributed by atoms with Crippen molar-refractivity contribution in [3.63, 3.8) is 0 Å². The van der Waals surface area contributed by atoms with Gasteiger partial charge in [0.15, 0.2) is 5.78 Å². The van der Waals surface area contributed by atoms with Crippen molar-refractivity contribution in [3.05, 3.63) is 12.3 Å². The van der Waals surface area contributed by atoms with Gasteiger partial charge in [-0.05, 0) is 12.3 Å².